The quantitative estimate of drug-likeness (QED) is 0.0261. The summed E-state index contributed by atoms with van der Waals surface area (Å²) in [6.07, 6.45) is 98.8. The van der Waals surface area contributed by atoms with Crippen molar-refractivity contribution < 1.29 is 28.6 Å². The summed E-state index contributed by atoms with van der Waals surface area (Å²) in [6.45, 7) is 6.41. The van der Waals surface area contributed by atoms with Gasteiger partial charge in [-0.05, 0) is 135 Å². The van der Waals surface area contributed by atoms with Crippen LogP contribution in [0.1, 0.15) is 297 Å². The van der Waals surface area contributed by atoms with Gasteiger partial charge in [0.25, 0.3) is 0 Å². The topological polar surface area (TPSA) is 78.9 Å². The van der Waals surface area contributed by atoms with Crippen LogP contribution in [-0.4, -0.2) is 37.2 Å². The van der Waals surface area contributed by atoms with E-state index in [0.29, 0.717) is 19.3 Å². The molecule has 0 bridgehead atoms. The Kier molecular flexibility index (Phi) is 64.8. The third kappa shape index (κ3) is 66.1. The Morgan fingerprint density at radius 2 is 0.512 bits per heavy atom. The molecule has 1 atom stereocenters. The fourth-order valence-corrected chi connectivity index (χ4v) is 9.01. The molecule has 0 radical (unpaired) electrons. The molecule has 0 N–H and O–H groups in total. The maximum atomic E-state index is 12.9. The van der Waals surface area contributed by atoms with E-state index in [1.165, 1.54) is 122 Å². The van der Waals surface area contributed by atoms with Gasteiger partial charge in [0.1, 0.15) is 13.2 Å². The summed E-state index contributed by atoms with van der Waals surface area (Å²) < 4.78 is 16.8. The third-order valence-corrected chi connectivity index (χ3v) is 14.0. The largest absolute Gasteiger partial charge is 0.462 e. The first-order valence-electron chi connectivity index (χ1n) is 33.8. The lowest BCUT2D eigenvalue weighted by Gasteiger charge is -2.18. The van der Waals surface area contributed by atoms with E-state index in [4.69, 9.17) is 14.2 Å². The summed E-state index contributed by atoms with van der Waals surface area (Å²) in [4.78, 5) is 38.3. The Balaban J connectivity index is 4.35. The Hall–Kier alpha value is -4.71. The van der Waals surface area contributed by atoms with Crippen molar-refractivity contribution in [3.63, 3.8) is 0 Å². The number of ether oxygens (including phenoxy) is 3. The minimum atomic E-state index is -0.811. The molecule has 82 heavy (non-hydrogen) atoms. The van der Waals surface area contributed by atoms with Gasteiger partial charge in [0.05, 0.1) is 0 Å². The van der Waals surface area contributed by atoms with Crippen molar-refractivity contribution in [2.24, 2.45) is 0 Å². The van der Waals surface area contributed by atoms with Crippen molar-refractivity contribution in [2.45, 2.75) is 303 Å². The van der Waals surface area contributed by atoms with Gasteiger partial charge in [-0.25, -0.2) is 0 Å². The first kappa shape index (κ1) is 77.3. The van der Waals surface area contributed by atoms with Crippen molar-refractivity contribution in [3.8, 4) is 0 Å². The van der Waals surface area contributed by atoms with E-state index >= 15 is 0 Å². The van der Waals surface area contributed by atoms with Crippen LogP contribution in [-0.2, 0) is 28.6 Å². The van der Waals surface area contributed by atoms with Gasteiger partial charge >= 0.3 is 17.9 Å². The van der Waals surface area contributed by atoms with E-state index in [2.05, 4.69) is 167 Å². The van der Waals surface area contributed by atoms with Crippen LogP contribution in [0, 0.1) is 0 Å². The second-order valence-electron chi connectivity index (χ2n) is 22.0. The standard InChI is InChI=1S/C76H124O6/c1-4-7-10-13-16-19-22-24-26-28-30-32-34-36-37-38-39-41-42-44-46-48-50-52-54-57-60-63-66-69-75(78)81-72-73(71-80-74(77)68-65-62-59-56-21-18-15-12-9-6-3)82-76(79)70-67-64-61-58-55-53-51-49-47-45-43-40-35-33-31-29-27-25-23-20-17-14-11-8-5-2/h7,10,12,15-16,19,23-26,29-32,36-37,39,41,44,46,50,52,57,60,73H,4-6,8-9,11,13-14,17-18,20-22,27-28,33-35,38,40,42-43,45,47-49,51,53-56,58-59,61-72H2,1-3H3/b10-7-,15-12-,19-16-,25-23-,26-24-,31-29-,32-30-,37-36-,41-39-,46-44-,52-50-,60-57-. The summed E-state index contributed by atoms with van der Waals surface area (Å²) >= 11 is 0. The van der Waals surface area contributed by atoms with Gasteiger partial charge in [-0.15, -0.1) is 0 Å². The summed E-state index contributed by atoms with van der Waals surface area (Å²) in [5.41, 5.74) is 0. The summed E-state index contributed by atoms with van der Waals surface area (Å²) in [5.74, 6) is -0.976. The molecule has 0 aromatic rings. The smallest absolute Gasteiger partial charge is 0.306 e. The lowest BCUT2D eigenvalue weighted by molar-refractivity contribution is -0.167. The molecule has 0 aliphatic heterocycles. The number of hydrogen-bond donors (Lipinski definition) is 0. The van der Waals surface area contributed by atoms with Gasteiger partial charge in [-0.2, -0.15) is 0 Å². The predicted molar refractivity (Wildman–Crippen MR) is 357 cm³/mol. The van der Waals surface area contributed by atoms with Crippen LogP contribution in [0.25, 0.3) is 0 Å². The Morgan fingerprint density at radius 3 is 0.854 bits per heavy atom. The molecule has 0 aliphatic rings. The van der Waals surface area contributed by atoms with Crippen LogP contribution in [0.3, 0.4) is 0 Å². The highest BCUT2D eigenvalue weighted by atomic mass is 16.6. The van der Waals surface area contributed by atoms with E-state index in [1.807, 2.05) is 0 Å². The molecule has 0 rings (SSSR count). The molecular weight excluding hydrogens is 1010 g/mol. The minimum absolute atomic E-state index is 0.104. The SMILES string of the molecule is CC/C=C\C/C=C\C/C=C\C/C=C\C/C=C\C/C=C\C/C=C\C/C=C\C/C=C\CCCC(=O)OCC(COC(=O)CCCCCCC/C=C\CCC)OC(=O)CCCCCCCCCCCCCCC/C=C\C/C=C\CCCCCCC. The van der Waals surface area contributed by atoms with E-state index in [1.54, 1.807) is 0 Å². The van der Waals surface area contributed by atoms with Crippen molar-refractivity contribution >= 4 is 17.9 Å². The van der Waals surface area contributed by atoms with Gasteiger partial charge in [0.2, 0.25) is 0 Å². The molecule has 0 aliphatic carbocycles. The Morgan fingerprint density at radius 1 is 0.256 bits per heavy atom. The molecule has 0 heterocycles. The maximum absolute atomic E-state index is 12.9. The van der Waals surface area contributed by atoms with E-state index in [-0.39, 0.29) is 37.5 Å². The molecule has 0 saturated carbocycles. The summed E-state index contributed by atoms with van der Waals surface area (Å²) in [7, 11) is 0. The molecule has 0 aromatic carbocycles. The van der Waals surface area contributed by atoms with Crippen LogP contribution in [0.4, 0.5) is 0 Å². The number of unbranched alkanes of at least 4 members (excludes halogenated alkanes) is 25. The normalized spacial score (nSPS) is 13.1. The molecule has 0 amide bonds. The van der Waals surface area contributed by atoms with E-state index in [9.17, 15) is 14.4 Å². The average molecular weight is 1130 g/mol. The number of esters is 3. The van der Waals surface area contributed by atoms with Gasteiger partial charge in [-0.1, -0.05) is 289 Å². The molecule has 0 aromatic heterocycles. The Labute approximate surface area is 506 Å². The van der Waals surface area contributed by atoms with Crippen molar-refractivity contribution in [3.05, 3.63) is 146 Å². The first-order valence-corrected chi connectivity index (χ1v) is 33.8. The van der Waals surface area contributed by atoms with Gasteiger partial charge in [0.15, 0.2) is 6.10 Å². The Bertz CT molecular complexity index is 1780. The van der Waals surface area contributed by atoms with Crippen molar-refractivity contribution in [1.82, 2.24) is 0 Å². The second kappa shape index (κ2) is 68.8. The highest BCUT2D eigenvalue weighted by Gasteiger charge is 2.19. The molecule has 0 spiro atoms. The predicted octanol–water partition coefficient (Wildman–Crippen LogP) is 23.5. The molecule has 6 nitrogen and oxygen atoms in total. The van der Waals surface area contributed by atoms with Crippen LogP contribution in [0.5, 0.6) is 0 Å². The fraction of sp³-hybridized carbons (Fsp3) is 0.645. The zero-order chi connectivity index (χ0) is 59.2. The average Bonchev–Trinajstić information content (AvgIpc) is 3.48. The fourth-order valence-electron chi connectivity index (χ4n) is 9.01. The van der Waals surface area contributed by atoms with Crippen molar-refractivity contribution in [1.29, 1.82) is 0 Å². The number of carbonyl (C=O) groups excluding carboxylic acids is 3. The van der Waals surface area contributed by atoms with E-state index in [0.717, 1.165) is 128 Å². The minimum Gasteiger partial charge on any atom is -0.462 e. The number of hydrogen-bond acceptors (Lipinski definition) is 6. The number of allylic oxidation sites excluding steroid dienone is 24. The molecule has 1 unspecified atom stereocenters. The highest BCUT2D eigenvalue weighted by molar-refractivity contribution is 5.71. The van der Waals surface area contributed by atoms with Crippen LogP contribution in [0.2, 0.25) is 0 Å². The zero-order valence-electron chi connectivity index (χ0n) is 53.2. The molecule has 464 valence electrons. The van der Waals surface area contributed by atoms with Gasteiger partial charge < -0.3 is 14.2 Å². The lowest BCUT2D eigenvalue weighted by atomic mass is 10.0. The van der Waals surface area contributed by atoms with Crippen LogP contribution < -0.4 is 0 Å². The molecule has 0 saturated heterocycles. The van der Waals surface area contributed by atoms with Gasteiger partial charge in [-0.3, -0.25) is 14.4 Å². The lowest BCUT2D eigenvalue weighted by Crippen LogP contribution is -2.30. The van der Waals surface area contributed by atoms with Gasteiger partial charge in [0, 0.05) is 19.3 Å². The molecule has 6 heteroatoms. The third-order valence-electron chi connectivity index (χ3n) is 14.0. The highest BCUT2D eigenvalue weighted by Crippen LogP contribution is 2.16. The second-order valence-corrected chi connectivity index (χ2v) is 22.0. The van der Waals surface area contributed by atoms with Crippen LogP contribution in [0.15, 0.2) is 146 Å². The monoisotopic (exact) mass is 1130 g/mol. The number of carbonyl (C=O) groups is 3. The summed E-state index contributed by atoms with van der Waals surface area (Å²) in [6, 6.07) is 0. The van der Waals surface area contributed by atoms with Crippen molar-refractivity contribution in [2.75, 3.05) is 13.2 Å². The summed E-state index contributed by atoms with van der Waals surface area (Å²) in [5, 5.41) is 0. The molecule has 0 fully saturated rings. The molecular formula is C76H124O6. The van der Waals surface area contributed by atoms with Crippen LogP contribution >= 0.6 is 0 Å². The first-order chi connectivity index (χ1) is 40.5. The number of rotatable bonds is 60. The van der Waals surface area contributed by atoms with E-state index < -0.39 is 6.10 Å². The maximum Gasteiger partial charge on any atom is 0.306 e. The zero-order valence-corrected chi connectivity index (χ0v) is 53.2.